The zero-order valence-corrected chi connectivity index (χ0v) is 18.0. The van der Waals surface area contributed by atoms with Crippen LogP contribution >= 0.6 is 0 Å². The highest BCUT2D eigenvalue weighted by atomic mass is 16.5. The topological polar surface area (TPSA) is 9.23 Å². The summed E-state index contributed by atoms with van der Waals surface area (Å²) in [5.74, 6) is 3.81. The van der Waals surface area contributed by atoms with Gasteiger partial charge in [0, 0.05) is 0 Å². The van der Waals surface area contributed by atoms with Crippen molar-refractivity contribution in [3.63, 3.8) is 0 Å². The smallest absolute Gasteiger partial charge is 0.0648 e. The van der Waals surface area contributed by atoms with Crippen molar-refractivity contribution in [2.24, 2.45) is 23.7 Å². The van der Waals surface area contributed by atoms with Gasteiger partial charge in [-0.15, -0.1) is 6.58 Å². The molecule has 4 rings (SSSR count). The van der Waals surface area contributed by atoms with Crippen LogP contribution in [0, 0.1) is 23.7 Å². The van der Waals surface area contributed by atoms with Crippen LogP contribution in [-0.2, 0) is 24.0 Å². The molecule has 2 fully saturated rings. The Hall–Kier alpha value is -1.08. The van der Waals surface area contributed by atoms with Gasteiger partial charge >= 0.3 is 0 Å². The summed E-state index contributed by atoms with van der Waals surface area (Å²) in [7, 11) is 0. The number of hydrogen-bond acceptors (Lipinski definition) is 1. The van der Waals surface area contributed by atoms with Gasteiger partial charge in [0.05, 0.1) is 12.7 Å². The third kappa shape index (κ3) is 4.73. The predicted molar refractivity (Wildman–Crippen MR) is 119 cm³/mol. The summed E-state index contributed by atoms with van der Waals surface area (Å²) in [6.07, 6.45) is 18.7. The van der Waals surface area contributed by atoms with Crippen LogP contribution in [0.25, 0.3) is 0 Å². The van der Waals surface area contributed by atoms with E-state index < -0.39 is 0 Å². The molecular formula is C27H40O. The van der Waals surface area contributed by atoms with Crippen molar-refractivity contribution in [1.82, 2.24) is 0 Å². The molecule has 0 radical (unpaired) electrons. The molecule has 3 aliphatic rings. The first kappa shape index (κ1) is 20.2. The van der Waals surface area contributed by atoms with Crippen molar-refractivity contribution in [1.29, 1.82) is 0 Å². The van der Waals surface area contributed by atoms with Crippen molar-refractivity contribution in [3.8, 4) is 0 Å². The van der Waals surface area contributed by atoms with E-state index in [0.717, 1.165) is 30.3 Å². The molecule has 5 unspecified atom stereocenters. The molecule has 0 spiro atoms. The molecule has 1 aromatic rings. The van der Waals surface area contributed by atoms with Gasteiger partial charge in [-0.25, -0.2) is 0 Å². The Morgan fingerprint density at radius 1 is 0.964 bits per heavy atom. The molecule has 0 aromatic heterocycles. The lowest BCUT2D eigenvalue weighted by molar-refractivity contribution is -0.0137. The quantitative estimate of drug-likeness (QED) is 0.466. The Kier molecular flexibility index (Phi) is 6.94. The third-order valence-corrected chi connectivity index (χ3v) is 8.08. The van der Waals surface area contributed by atoms with E-state index in [-0.39, 0.29) is 0 Å². The fourth-order valence-electron chi connectivity index (χ4n) is 6.44. The maximum absolute atomic E-state index is 5.98. The molecule has 0 N–H and O–H groups in total. The van der Waals surface area contributed by atoms with Crippen LogP contribution in [0.4, 0.5) is 0 Å². The van der Waals surface area contributed by atoms with Crippen molar-refractivity contribution >= 4 is 0 Å². The van der Waals surface area contributed by atoms with Gasteiger partial charge < -0.3 is 4.74 Å². The van der Waals surface area contributed by atoms with Gasteiger partial charge in [0.1, 0.15) is 0 Å². The number of ether oxygens (including phenoxy) is 1. The minimum absolute atomic E-state index is 0.499. The Balaban J connectivity index is 1.31. The van der Waals surface area contributed by atoms with Gasteiger partial charge in [-0.05, 0) is 111 Å². The first-order chi connectivity index (χ1) is 13.8. The van der Waals surface area contributed by atoms with E-state index in [9.17, 15) is 0 Å². The molecule has 2 saturated carbocycles. The zero-order chi connectivity index (χ0) is 19.3. The Bertz CT molecular complexity index is 648. The molecule has 0 saturated heterocycles. The van der Waals surface area contributed by atoms with Gasteiger partial charge in [0.2, 0.25) is 0 Å². The average molecular weight is 381 g/mol. The van der Waals surface area contributed by atoms with E-state index in [2.05, 4.69) is 31.7 Å². The van der Waals surface area contributed by atoms with Crippen LogP contribution in [0.15, 0.2) is 30.9 Å². The molecule has 1 nitrogen and oxygen atoms in total. The summed E-state index contributed by atoms with van der Waals surface area (Å²) in [5.41, 5.74) is 4.90. The maximum atomic E-state index is 5.98. The molecule has 28 heavy (non-hydrogen) atoms. The Morgan fingerprint density at radius 2 is 1.75 bits per heavy atom. The summed E-state index contributed by atoms with van der Waals surface area (Å²) < 4.78 is 5.98. The van der Waals surface area contributed by atoms with Crippen LogP contribution in [-0.4, -0.2) is 12.7 Å². The molecule has 1 heteroatoms. The zero-order valence-electron chi connectivity index (χ0n) is 18.0. The van der Waals surface area contributed by atoms with Crippen LogP contribution in [0.2, 0.25) is 0 Å². The second-order valence-corrected chi connectivity index (χ2v) is 9.86. The molecule has 154 valence electrons. The van der Waals surface area contributed by atoms with Crippen LogP contribution < -0.4 is 0 Å². The highest BCUT2D eigenvalue weighted by molar-refractivity contribution is 5.34. The highest BCUT2D eigenvalue weighted by Gasteiger charge is 2.38. The molecule has 3 aliphatic carbocycles. The fourth-order valence-corrected chi connectivity index (χ4v) is 6.44. The summed E-state index contributed by atoms with van der Waals surface area (Å²) in [4.78, 5) is 0. The van der Waals surface area contributed by atoms with E-state index in [4.69, 9.17) is 4.74 Å². The summed E-state index contributed by atoms with van der Waals surface area (Å²) >= 11 is 0. The summed E-state index contributed by atoms with van der Waals surface area (Å²) in [6, 6.07) is 7.42. The van der Waals surface area contributed by atoms with Gasteiger partial charge in [-0.3, -0.25) is 0 Å². The van der Waals surface area contributed by atoms with E-state index in [1.807, 2.05) is 6.08 Å². The van der Waals surface area contributed by atoms with E-state index in [1.165, 1.54) is 77.0 Å². The Morgan fingerprint density at radius 3 is 2.57 bits per heavy atom. The van der Waals surface area contributed by atoms with Gasteiger partial charge in [0.15, 0.2) is 0 Å². The van der Waals surface area contributed by atoms with E-state index >= 15 is 0 Å². The monoisotopic (exact) mass is 380 g/mol. The van der Waals surface area contributed by atoms with Gasteiger partial charge in [-0.2, -0.15) is 0 Å². The van der Waals surface area contributed by atoms with Crippen molar-refractivity contribution < 1.29 is 4.74 Å². The summed E-state index contributed by atoms with van der Waals surface area (Å²) in [5, 5.41) is 0. The predicted octanol–water partition coefficient (Wildman–Crippen LogP) is 6.92. The second kappa shape index (κ2) is 9.61. The minimum atomic E-state index is 0.499. The number of fused-ring (bicyclic) bond motifs is 2. The second-order valence-electron chi connectivity index (χ2n) is 9.86. The maximum Gasteiger partial charge on any atom is 0.0648 e. The SMILES string of the molecule is C=CCOC1CCC2CC(C3CCc4cc(CCCC)ccc4C3)CCC2C1. The molecule has 0 aliphatic heterocycles. The standard InChI is InChI=1S/C27H40O/c1-3-5-6-20-7-8-22-17-23(10-9-21(22)16-20)24-11-12-26-19-27(28-15-4-2)14-13-25(26)18-24/h4,7-8,16,23-27H,2-3,5-6,9-15,17-19H2,1H3. The first-order valence-electron chi connectivity index (χ1n) is 12.1. The molecule has 1 aromatic carbocycles. The van der Waals surface area contributed by atoms with Crippen molar-refractivity contribution in [3.05, 3.63) is 47.5 Å². The van der Waals surface area contributed by atoms with Gasteiger partial charge in [0.25, 0.3) is 0 Å². The Labute approximate surface area is 173 Å². The molecule has 0 bridgehead atoms. The van der Waals surface area contributed by atoms with Crippen LogP contribution in [0.1, 0.15) is 81.4 Å². The first-order valence-corrected chi connectivity index (χ1v) is 12.1. The lowest BCUT2D eigenvalue weighted by atomic mass is 9.62. The molecule has 5 atom stereocenters. The molecule has 0 heterocycles. The van der Waals surface area contributed by atoms with Crippen LogP contribution in [0.3, 0.4) is 0 Å². The summed E-state index contributed by atoms with van der Waals surface area (Å²) in [6.45, 7) is 6.82. The van der Waals surface area contributed by atoms with E-state index in [1.54, 1.807) is 16.7 Å². The van der Waals surface area contributed by atoms with Gasteiger partial charge in [-0.1, -0.05) is 37.6 Å². The number of rotatable bonds is 7. The highest BCUT2D eigenvalue weighted by Crippen LogP contribution is 2.47. The minimum Gasteiger partial charge on any atom is -0.374 e. The number of aryl methyl sites for hydroxylation is 2. The third-order valence-electron chi connectivity index (χ3n) is 8.08. The fraction of sp³-hybridized carbons (Fsp3) is 0.704. The van der Waals surface area contributed by atoms with E-state index in [0.29, 0.717) is 6.10 Å². The van der Waals surface area contributed by atoms with Crippen molar-refractivity contribution in [2.45, 2.75) is 90.1 Å². The largest absolute Gasteiger partial charge is 0.374 e. The average Bonchev–Trinajstić information content (AvgIpc) is 2.75. The lowest BCUT2D eigenvalue weighted by Crippen LogP contribution is -2.37. The lowest BCUT2D eigenvalue weighted by Gasteiger charge is -2.45. The number of benzene rings is 1. The molecular weight excluding hydrogens is 340 g/mol. The van der Waals surface area contributed by atoms with Crippen LogP contribution in [0.5, 0.6) is 0 Å². The van der Waals surface area contributed by atoms with Crippen molar-refractivity contribution in [2.75, 3.05) is 6.61 Å². The normalized spacial score (nSPS) is 32.4. The molecule has 0 amide bonds. The number of hydrogen-bond donors (Lipinski definition) is 0. The number of unbranched alkanes of at least 4 members (excludes halogenated alkanes) is 1.